The molecule has 263 valence electrons. The van der Waals surface area contributed by atoms with Gasteiger partial charge in [0.1, 0.15) is 5.58 Å². The van der Waals surface area contributed by atoms with E-state index in [4.69, 9.17) is 12.6 Å². The van der Waals surface area contributed by atoms with Crippen LogP contribution < -0.4 is 4.40 Å². The van der Waals surface area contributed by atoms with Crippen molar-refractivity contribution in [2.24, 2.45) is 0 Å². The molecule has 0 spiro atoms. The monoisotopic (exact) mass is 917 g/mol. The van der Waals surface area contributed by atoms with Gasteiger partial charge in [0.2, 0.25) is 0 Å². The first-order valence-electron chi connectivity index (χ1n) is 20.0. The SMILES string of the molecule is [2H]C(C)(C)c1ccnc(-c2[c-]ccc3c2oc2cc(C([2H])(C)c4ccccc4)ccc23)c1.[2H]C([2H])([2H])c1c[c-]c(-c2cc(C([2H])(C)C)[c]([Ge]([CH3])([CH3])[CH3])cn2)cc1.[Ir]. The molecule has 0 aliphatic carbocycles. The van der Waals surface area contributed by atoms with Crippen LogP contribution >= 0.6 is 0 Å². The molecule has 0 N–H and O–H groups in total. The molecule has 0 aliphatic rings. The summed E-state index contributed by atoms with van der Waals surface area (Å²) in [6, 6.07) is 36.7. The van der Waals surface area contributed by atoms with Crippen LogP contribution in [0.5, 0.6) is 0 Å². The van der Waals surface area contributed by atoms with Crippen molar-refractivity contribution < 1.29 is 32.7 Å². The van der Waals surface area contributed by atoms with Crippen LogP contribution in [0.25, 0.3) is 44.5 Å². The Hall–Kier alpha value is -3.83. The van der Waals surface area contributed by atoms with Gasteiger partial charge in [0.15, 0.2) is 0 Å². The van der Waals surface area contributed by atoms with Gasteiger partial charge in [0.05, 0.1) is 5.58 Å². The molecule has 0 bridgehead atoms. The minimum absolute atomic E-state index is 0. The summed E-state index contributed by atoms with van der Waals surface area (Å²) in [6.07, 6.45) is 3.65. The molecule has 3 heterocycles. The molecule has 51 heavy (non-hydrogen) atoms. The molecule has 7 rings (SSSR count). The summed E-state index contributed by atoms with van der Waals surface area (Å²) < 4.78 is 55.7. The number of nitrogens with zero attached hydrogens (tertiary/aromatic N) is 2. The summed E-state index contributed by atoms with van der Waals surface area (Å²) in [5.41, 5.74) is 8.44. The number of aromatic nitrogens is 2. The van der Waals surface area contributed by atoms with Gasteiger partial charge in [-0.15, -0.1) is 18.2 Å². The average Bonchev–Trinajstić information content (AvgIpc) is 3.52. The first kappa shape index (κ1) is 30.8. The number of furan rings is 1. The van der Waals surface area contributed by atoms with E-state index in [1.807, 2.05) is 120 Å². The van der Waals surface area contributed by atoms with E-state index < -0.39 is 37.8 Å². The number of rotatable bonds is 7. The molecule has 5 heteroatoms. The number of aryl methyl sites for hydroxylation is 1. The molecule has 1 unspecified atom stereocenters. The summed E-state index contributed by atoms with van der Waals surface area (Å²) in [5, 5.41) is 1.99. The smallest absolute Gasteiger partial charge is 0 e. The third-order valence-corrected chi connectivity index (χ3v) is 13.2. The van der Waals surface area contributed by atoms with Crippen LogP contribution in [-0.2, 0) is 20.1 Å². The van der Waals surface area contributed by atoms with E-state index in [0.717, 1.165) is 66.7 Å². The van der Waals surface area contributed by atoms with Crippen LogP contribution in [0, 0.1) is 19.0 Å². The summed E-state index contributed by atoms with van der Waals surface area (Å²) in [5.74, 6) is 4.57. The second-order valence-electron chi connectivity index (χ2n) is 14.2. The van der Waals surface area contributed by atoms with E-state index in [1.165, 1.54) is 10.5 Å². The van der Waals surface area contributed by atoms with Gasteiger partial charge in [-0.25, -0.2) is 0 Å². The Balaban J connectivity index is 0.000000223. The number of hydrogen-bond acceptors (Lipinski definition) is 3. The summed E-state index contributed by atoms with van der Waals surface area (Å²) >= 11 is -2.14. The topological polar surface area (TPSA) is 38.9 Å². The molecular weight excluding hydrogens is 861 g/mol. The van der Waals surface area contributed by atoms with Crippen molar-refractivity contribution in [3.63, 3.8) is 0 Å². The molecule has 0 saturated carbocycles. The van der Waals surface area contributed by atoms with Crippen LogP contribution in [0.2, 0.25) is 17.3 Å². The second-order valence-corrected chi connectivity index (χ2v) is 24.8. The van der Waals surface area contributed by atoms with Gasteiger partial charge in [-0.2, -0.15) is 0 Å². The van der Waals surface area contributed by atoms with E-state index in [-0.39, 0.29) is 25.7 Å². The van der Waals surface area contributed by atoms with Gasteiger partial charge < -0.3 is 9.40 Å². The zero-order valence-corrected chi connectivity index (χ0v) is 35.0. The van der Waals surface area contributed by atoms with Crippen LogP contribution in [0.4, 0.5) is 0 Å². The average molecular weight is 916 g/mol. The molecule has 0 aliphatic heterocycles. The van der Waals surface area contributed by atoms with Crippen molar-refractivity contribution in [2.45, 2.75) is 76.4 Å². The zero-order chi connectivity index (χ0) is 40.8. The summed E-state index contributed by atoms with van der Waals surface area (Å²) in [4.78, 5) is 9.11. The first-order valence-corrected chi connectivity index (χ1v) is 24.3. The fourth-order valence-corrected chi connectivity index (χ4v) is 9.42. The van der Waals surface area contributed by atoms with Crippen LogP contribution in [-0.4, -0.2) is 23.2 Å². The Morgan fingerprint density at radius 2 is 1.53 bits per heavy atom. The Bertz CT molecular complexity index is 2500. The quantitative estimate of drug-likeness (QED) is 0.118. The molecule has 4 aromatic carbocycles. The van der Waals surface area contributed by atoms with Gasteiger partial charge in [-0.05, 0) is 34.8 Å². The van der Waals surface area contributed by atoms with Crippen molar-refractivity contribution in [2.75, 3.05) is 0 Å². The molecule has 0 amide bonds. The fraction of sp³-hybridized carbons (Fsp3) is 0.261. The zero-order valence-electron chi connectivity index (χ0n) is 36.5. The van der Waals surface area contributed by atoms with Crippen LogP contribution in [0.3, 0.4) is 0 Å². The van der Waals surface area contributed by atoms with Gasteiger partial charge in [0, 0.05) is 40.3 Å². The van der Waals surface area contributed by atoms with E-state index in [9.17, 15) is 0 Å². The van der Waals surface area contributed by atoms with E-state index >= 15 is 0 Å². The predicted molar refractivity (Wildman–Crippen MR) is 214 cm³/mol. The molecule has 1 radical (unpaired) electrons. The summed E-state index contributed by atoms with van der Waals surface area (Å²) in [6.45, 7) is 7.30. The Morgan fingerprint density at radius 3 is 2.20 bits per heavy atom. The number of benzene rings is 4. The third kappa shape index (κ3) is 8.63. The standard InChI is InChI=1S/C28H24NO.C18H24GeN.Ir/c1-18(2)21-14-15-29-26(16-21)25-11-7-10-24-23-13-12-22(17-27(23)30-28(24)25)19(3)20-8-5-4-6-9-20;1-13(2)16-11-18(15-9-7-14(3)8-10-15)20-12-17(16)19(4,5)6;/h4-10,12-19H,1-3H3;7-9,11-13H,1-6H3;/q2*-1;/i18D,19D;3D3,13D;. The second kappa shape index (κ2) is 16.2. The number of pyridine rings is 2. The molecule has 1 atom stereocenters. The third-order valence-electron chi connectivity index (χ3n) is 9.01. The van der Waals surface area contributed by atoms with Crippen molar-refractivity contribution in [3.8, 4) is 22.5 Å². The van der Waals surface area contributed by atoms with E-state index in [1.54, 1.807) is 18.3 Å². The molecular formula is C46H48GeIrN2O-2. The molecule has 0 fully saturated rings. The maximum atomic E-state index is 9.00. The van der Waals surface area contributed by atoms with E-state index in [2.05, 4.69) is 39.4 Å². The molecule has 7 aromatic rings. The summed E-state index contributed by atoms with van der Waals surface area (Å²) in [7, 11) is 0. The normalized spacial score (nSPS) is 15.1. The first-order chi connectivity index (χ1) is 26.0. The van der Waals surface area contributed by atoms with Gasteiger partial charge >= 0.3 is 131 Å². The number of fused-ring (bicyclic) bond motifs is 3. The minimum Gasteiger partial charge on any atom is 0 e. The largest absolute Gasteiger partial charge is 0 e. The predicted octanol–water partition coefficient (Wildman–Crippen LogP) is 12.2. The number of hydrogen-bond donors (Lipinski definition) is 0. The van der Waals surface area contributed by atoms with Gasteiger partial charge in [-0.1, -0.05) is 85.8 Å². The van der Waals surface area contributed by atoms with Gasteiger partial charge in [-0.3, -0.25) is 0 Å². The maximum absolute atomic E-state index is 9.00. The van der Waals surface area contributed by atoms with Crippen molar-refractivity contribution in [1.29, 1.82) is 0 Å². The fourth-order valence-electron chi connectivity index (χ4n) is 6.10. The Kier molecular flexibility index (Phi) is 9.80. The molecule has 3 aromatic heterocycles. The maximum Gasteiger partial charge on any atom is 0 e. The Labute approximate surface area is 329 Å². The Morgan fingerprint density at radius 1 is 0.745 bits per heavy atom. The van der Waals surface area contributed by atoms with E-state index in [0.29, 0.717) is 0 Å². The van der Waals surface area contributed by atoms with Gasteiger partial charge in [0.25, 0.3) is 0 Å². The molecule has 3 nitrogen and oxygen atoms in total. The van der Waals surface area contributed by atoms with Crippen molar-refractivity contribution in [1.82, 2.24) is 9.97 Å². The molecule has 0 saturated heterocycles. The minimum atomic E-state index is -2.14. The van der Waals surface area contributed by atoms with Crippen LogP contribution in [0.15, 0.2) is 114 Å². The van der Waals surface area contributed by atoms with Crippen molar-refractivity contribution in [3.05, 3.63) is 149 Å². The van der Waals surface area contributed by atoms with Crippen molar-refractivity contribution >= 4 is 39.6 Å². The van der Waals surface area contributed by atoms with Crippen LogP contribution in [0.1, 0.15) is 88.3 Å².